The van der Waals surface area contributed by atoms with Crippen LogP contribution in [-0.2, 0) is 11.3 Å². The topological polar surface area (TPSA) is 43.3 Å². The molecule has 0 aliphatic carbocycles. The lowest BCUT2D eigenvalue weighted by molar-refractivity contribution is 0.149. The SMILES string of the molecule is O=C(OCCNCc1ccccc1)n1ccc2ccccc21. The highest BCUT2D eigenvalue weighted by atomic mass is 16.5. The molecule has 1 aromatic heterocycles. The zero-order chi connectivity index (χ0) is 15.2. The lowest BCUT2D eigenvalue weighted by Crippen LogP contribution is -2.22. The molecule has 22 heavy (non-hydrogen) atoms. The molecule has 1 heterocycles. The highest BCUT2D eigenvalue weighted by Gasteiger charge is 2.08. The number of para-hydroxylation sites is 1. The number of carbonyl (C=O) groups is 1. The van der Waals surface area contributed by atoms with E-state index in [2.05, 4.69) is 17.4 Å². The van der Waals surface area contributed by atoms with E-state index in [0.29, 0.717) is 13.2 Å². The van der Waals surface area contributed by atoms with Crippen LogP contribution >= 0.6 is 0 Å². The smallest absolute Gasteiger partial charge is 0.418 e. The Labute approximate surface area is 129 Å². The van der Waals surface area contributed by atoms with Gasteiger partial charge in [0.15, 0.2) is 0 Å². The minimum absolute atomic E-state index is 0.345. The zero-order valence-corrected chi connectivity index (χ0v) is 12.2. The van der Waals surface area contributed by atoms with Gasteiger partial charge in [-0.1, -0.05) is 48.5 Å². The summed E-state index contributed by atoms with van der Waals surface area (Å²) in [6.07, 6.45) is 1.40. The maximum Gasteiger partial charge on any atom is 0.418 e. The molecule has 0 saturated heterocycles. The number of aromatic nitrogens is 1. The van der Waals surface area contributed by atoms with Gasteiger partial charge >= 0.3 is 6.09 Å². The van der Waals surface area contributed by atoms with Crippen LogP contribution in [0, 0.1) is 0 Å². The molecule has 0 spiro atoms. The Morgan fingerprint density at radius 1 is 1.00 bits per heavy atom. The average molecular weight is 294 g/mol. The van der Waals surface area contributed by atoms with Crippen molar-refractivity contribution >= 4 is 17.0 Å². The largest absolute Gasteiger partial charge is 0.448 e. The lowest BCUT2D eigenvalue weighted by Gasteiger charge is -2.08. The third-order valence-electron chi connectivity index (χ3n) is 3.47. The van der Waals surface area contributed by atoms with Crippen LogP contribution in [0.1, 0.15) is 5.56 Å². The molecular weight excluding hydrogens is 276 g/mol. The Morgan fingerprint density at radius 3 is 2.64 bits per heavy atom. The third-order valence-corrected chi connectivity index (χ3v) is 3.47. The number of fused-ring (bicyclic) bond motifs is 1. The normalized spacial score (nSPS) is 10.7. The van der Waals surface area contributed by atoms with Gasteiger partial charge in [-0.25, -0.2) is 4.79 Å². The van der Waals surface area contributed by atoms with Gasteiger partial charge in [-0.3, -0.25) is 4.57 Å². The molecule has 2 aromatic carbocycles. The number of hydrogen-bond acceptors (Lipinski definition) is 3. The van der Waals surface area contributed by atoms with Crippen LogP contribution in [-0.4, -0.2) is 23.8 Å². The molecule has 3 rings (SSSR count). The predicted molar refractivity (Wildman–Crippen MR) is 86.8 cm³/mol. The van der Waals surface area contributed by atoms with Crippen molar-refractivity contribution in [2.75, 3.05) is 13.2 Å². The Hall–Kier alpha value is -2.59. The molecule has 0 bridgehead atoms. The molecule has 0 atom stereocenters. The fourth-order valence-corrected chi connectivity index (χ4v) is 2.35. The fourth-order valence-electron chi connectivity index (χ4n) is 2.35. The van der Waals surface area contributed by atoms with Crippen molar-refractivity contribution in [2.24, 2.45) is 0 Å². The first-order valence-electron chi connectivity index (χ1n) is 7.32. The summed E-state index contributed by atoms with van der Waals surface area (Å²) >= 11 is 0. The van der Waals surface area contributed by atoms with Crippen molar-refractivity contribution in [3.05, 3.63) is 72.4 Å². The van der Waals surface area contributed by atoms with E-state index in [1.54, 1.807) is 6.20 Å². The fraction of sp³-hybridized carbons (Fsp3) is 0.167. The van der Waals surface area contributed by atoms with E-state index in [-0.39, 0.29) is 6.09 Å². The van der Waals surface area contributed by atoms with Crippen molar-refractivity contribution in [3.8, 4) is 0 Å². The second-order valence-corrected chi connectivity index (χ2v) is 5.02. The van der Waals surface area contributed by atoms with E-state index >= 15 is 0 Å². The van der Waals surface area contributed by atoms with Crippen LogP contribution < -0.4 is 5.32 Å². The number of carbonyl (C=O) groups excluding carboxylic acids is 1. The van der Waals surface area contributed by atoms with Gasteiger partial charge in [0.2, 0.25) is 0 Å². The monoisotopic (exact) mass is 294 g/mol. The standard InChI is InChI=1S/C18H18N2O2/c21-18(20-12-10-16-8-4-5-9-17(16)20)22-13-11-19-14-15-6-2-1-3-7-15/h1-10,12,19H,11,13-14H2. The van der Waals surface area contributed by atoms with E-state index in [1.807, 2.05) is 48.5 Å². The van der Waals surface area contributed by atoms with Gasteiger partial charge < -0.3 is 10.1 Å². The van der Waals surface area contributed by atoms with Gasteiger partial charge in [0.05, 0.1) is 5.52 Å². The van der Waals surface area contributed by atoms with Crippen LogP contribution in [0.15, 0.2) is 66.9 Å². The van der Waals surface area contributed by atoms with E-state index in [0.717, 1.165) is 17.4 Å². The predicted octanol–water partition coefficient (Wildman–Crippen LogP) is 3.42. The molecule has 0 radical (unpaired) electrons. The maximum absolute atomic E-state index is 12.1. The molecule has 0 unspecified atom stereocenters. The Kier molecular flexibility index (Phi) is 4.51. The zero-order valence-electron chi connectivity index (χ0n) is 12.2. The first-order chi connectivity index (χ1) is 10.8. The van der Waals surface area contributed by atoms with Crippen LogP contribution in [0.2, 0.25) is 0 Å². The quantitative estimate of drug-likeness (QED) is 0.733. The number of hydrogen-bond donors (Lipinski definition) is 1. The Balaban J connectivity index is 1.47. The molecular formula is C18H18N2O2. The lowest BCUT2D eigenvalue weighted by atomic mass is 10.2. The first-order valence-corrected chi connectivity index (χ1v) is 7.32. The maximum atomic E-state index is 12.1. The van der Waals surface area contributed by atoms with Crippen LogP contribution in [0.5, 0.6) is 0 Å². The van der Waals surface area contributed by atoms with Crippen molar-refractivity contribution in [3.63, 3.8) is 0 Å². The van der Waals surface area contributed by atoms with Gasteiger partial charge in [-0.15, -0.1) is 0 Å². The molecule has 1 N–H and O–H groups in total. The molecule has 4 heteroatoms. The number of ether oxygens (including phenoxy) is 1. The van der Waals surface area contributed by atoms with Crippen molar-refractivity contribution < 1.29 is 9.53 Å². The first kappa shape index (κ1) is 14.4. The van der Waals surface area contributed by atoms with E-state index in [4.69, 9.17) is 4.74 Å². The Morgan fingerprint density at radius 2 is 1.77 bits per heavy atom. The van der Waals surface area contributed by atoms with Gasteiger partial charge in [0.25, 0.3) is 0 Å². The van der Waals surface area contributed by atoms with E-state index in [9.17, 15) is 4.79 Å². The number of nitrogens with one attached hydrogen (secondary N) is 1. The summed E-state index contributed by atoms with van der Waals surface area (Å²) in [5.74, 6) is 0. The summed E-state index contributed by atoms with van der Waals surface area (Å²) in [4.78, 5) is 12.1. The summed E-state index contributed by atoms with van der Waals surface area (Å²) in [5.41, 5.74) is 2.08. The molecule has 0 aliphatic rings. The van der Waals surface area contributed by atoms with Crippen molar-refractivity contribution in [2.45, 2.75) is 6.54 Å². The molecule has 0 fully saturated rings. The summed E-state index contributed by atoms with van der Waals surface area (Å²) in [5, 5.41) is 4.28. The number of benzene rings is 2. The highest BCUT2D eigenvalue weighted by molar-refractivity contribution is 5.89. The van der Waals surface area contributed by atoms with Crippen LogP contribution in [0.25, 0.3) is 10.9 Å². The van der Waals surface area contributed by atoms with Gasteiger partial charge in [-0.05, 0) is 17.7 Å². The average Bonchev–Trinajstić information content (AvgIpc) is 2.99. The molecule has 4 nitrogen and oxygen atoms in total. The summed E-state index contributed by atoms with van der Waals surface area (Å²) in [6, 6.07) is 19.8. The summed E-state index contributed by atoms with van der Waals surface area (Å²) < 4.78 is 6.83. The second-order valence-electron chi connectivity index (χ2n) is 5.02. The minimum Gasteiger partial charge on any atom is -0.448 e. The van der Waals surface area contributed by atoms with Gasteiger partial charge in [-0.2, -0.15) is 0 Å². The highest BCUT2D eigenvalue weighted by Crippen LogP contribution is 2.15. The number of nitrogens with zero attached hydrogens (tertiary/aromatic N) is 1. The van der Waals surface area contributed by atoms with Crippen molar-refractivity contribution in [1.29, 1.82) is 0 Å². The second kappa shape index (κ2) is 6.91. The van der Waals surface area contributed by atoms with E-state index < -0.39 is 0 Å². The Bertz CT molecular complexity index is 750. The summed E-state index contributed by atoms with van der Waals surface area (Å²) in [7, 11) is 0. The van der Waals surface area contributed by atoms with Crippen molar-refractivity contribution in [1.82, 2.24) is 9.88 Å². The molecule has 3 aromatic rings. The van der Waals surface area contributed by atoms with Crippen LogP contribution in [0.3, 0.4) is 0 Å². The van der Waals surface area contributed by atoms with Crippen LogP contribution in [0.4, 0.5) is 4.79 Å². The van der Waals surface area contributed by atoms with Gasteiger partial charge in [0, 0.05) is 24.7 Å². The third kappa shape index (κ3) is 3.35. The summed E-state index contributed by atoms with van der Waals surface area (Å²) in [6.45, 7) is 1.74. The molecule has 0 aliphatic heterocycles. The molecule has 0 amide bonds. The van der Waals surface area contributed by atoms with E-state index in [1.165, 1.54) is 10.1 Å². The molecule has 112 valence electrons. The molecule has 0 saturated carbocycles. The van der Waals surface area contributed by atoms with Gasteiger partial charge in [0.1, 0.15) is 6.61 Å². The minimum atomic E-state index is -0.345. The number of rotatable bonds is 5.